The van der Waals surface area contributed by atoms with Crippen LogP contribution in [0.5, 0.6) is 0 Å². The average Bonchev–Trinajstić information content (AvgIpc) is 2.49. The summed E-state index contributed by atoms with van der Waals surface area (Å²) in [5.74, 6) is -2.48. The summed E-state index contributed by atoms with van der Waals surface area (Å²) in [6, 6.07) is -1.37. The predicted octanol–water partition coefficient (Wildman–Crippen LogP) is -0.322. The topological polar surface area (TPSA) is 87.0 Å². The first-order chi connectivity index (χ1) is 7.49. The number of Topliss-reactive ketones (excluding diaryl/α,β-unsaturated/α-hetero) is 1. The number of rotatable bonds is 3. The maximum absolute atomic E-state index is 11.7. The van der Waals surface area contributed by atoms with Crippen LogP contribution in [0.1, 0.15) is 19.8 Å². The number of β-lactam (4-membered cyclic amide) rings is 1. The van der Waals surface area contributed by atoms with Gasteiger partial charge in [-0.25, -0.2) is 4.79 Å². The van der Waals surface area contributed by atoms with E-state index < -0.39 is 29.4 Å². The molecule has 0 bridgehead atoms. The number of carboxylic acid groups (broad SMARTS) is 1. The van der Waals surface area contributed by atoms with Crippen LogP contribution in [0.4, 0.5) is 0 Å². The van der Waals surface area contributed by atoms with Crippen molar-refractivity contribution in [2.24, 2.45) is 10.9 Å². The van der Waals surface area contributed by atoms with E-state index in [2.05, 4.69) is 11.7 Å². The van der Waals surface area contributed by atoms with E-state index in [1.54, 1.807) is 0 Å². The van der Waals surface area contributed by atoms with Crippen molar-refractivity contribution >= 4 is 24.4 Å². The SMILES string of the molecule is C=N[C@]12CC(=O)C(C(=O)O)N1C(=O)C2CC. The maximum Gasteiger partial charge on any atom is 0.334 e. The van der Waals surface area contributed by atoms with Gasteiger partial charge in [-0.3, -0.25) is 19.5 Å². The molecule has 0 aromatic carbocycles. The minimum Gasteiger partial charge on any atom is -0.479 e. The fourth-order valence-electron chi connectivity index (χ4n) is 2.71. The zero-order valence-corrected chi connectivity index (χ0v) is 8.84. The van der Waals surface area contributed by atoms with Gasteiger partial charge in [-0.15, -0.1) is 0 Å². The van der Waals surface area contributed by atoms with Crippen molar-refractivity contribution < 1.29 is 19.5 Å². The van der Waals surface area contributed by atoms with E-state index in [-0.39, 0.29) is 12.3 Å². The van der Waals surface area contributed by atoms with E-state index in [9.17, 15) is 14.4 Å². The Kier molecular flexibility index (Phi) is 2.11. The minimum absolute atomic E-state index is 0.0300. The zero-order chi connectivity index (χ0) is 12.1. The molecule has 6 heteroatoms. The Morgan fingerprint density at radius 2 is 2.31 bits per heavy atom. The lowest BCUT2D eigenvalue weighted by molar-refractivity contribution is -0.175. The predicted molar refractivity (Wildman–Crippen MR) is 54.0 cm³/mol. The van der Waals surface area contributed by atoms with Gasteiger partial charge in [0.1, 0.15) is 0 Å². The van der Waals surface area contributed by atoms with Gasteiger partial charge in [0.2, 0.25) is 5.91 Å². The van der Waals surface area contributed by atoms with Crippen molar-refractivity contribution in [3.63, 3.8) is 0 Å². The molecule has 0 aromatic heterocycles. The fourth-order valence-corrected chi connectivity index (χ4v) is 2.71. The molecule has 2 aliphatic heterocycles. The molecule has 2 saturated heterocycles. The molecule has 86 valence electrons. The molecule has 3 atom stereocenters. The number of amides is 1. The van der Waals surface area contributed by atoms with E-state index in [1.807, 2.05) is 6.92 Å². The van der Waals surface area contributed by atoms with Gasteiger partial charge >= 0.3 is 5.97 Å². The van der Waals surface area contributed by atoms with Crippen LogP contribution < -0.4 is 0 Å². The van der Waals surface area contributed by atoms with Crippen LogP contribution in [0.2, 0.25) is 0 Å². The molecular formula is C10H12N2O4. The van der Waals surface area contributed by atoms with Crippen LogP contribution in [-0.2, 0) is 14.4 Å². The Hall–Kier alpha value is -1.72. The number of aliphatic imine (C=N–C) groups is 1. The summed E-state index contributed by atoms with van der Waals surface area (Å²) in [4.78, 5) is 39.1. The highest BCUT2D eigenvalue weighted by atomic mass is 16.4. The largest absolute Gasteiger partial charge is 0.479 e. The number of carbonyl (C=O) groups excluding carboxylic acids is 2. The number of fused-ring (bicyclic) bond motifs is 1. The van der Waals surface area contributed by atoms with Gasteiger partial charge in [0.15, 0.2) is 17.5 Å². The van der Waals surface area contributed by atoms with Crippen LogP contribution in [0, 0.1) is 5.92 Å². The van der Waals surface area contributed by atoms with Gasteiger partial charge < -0.3 is 5.11 Å². The molecule has 0 aromatic rings. The Labute approximate surface area is 91.9 Å². The first-order valence-electron chi connectivity index (χ1n) is 5.06. The smallest absolute Gasteiger partial charge is 0.334 e. The number of carboxylic acids is 1. The molecule has 0 radical (unpaired) electrons. The van der Waals surface area contributed by atoms with Crippen LogP contribution in [-0.4, -0.2) is 46.1 Å². The van der Waals surface area contributed by atoms with E-state index in [0.29, 0.717) is 6.42 Å². The summed E-state index contributed by atoms with van der Waals surface area (Å²) >= 11 is 0. The molecule has 0 spiro atoms. The number of aliphatic carboxylic acids is 1. The highest BCUT2D eigenvalue weighted by Gasteiger charge is 2.69. The first-order valence-corrected chi connectivity index (χ1v) is 5.06. The van der Waals surface area contributed by atoms with Gasteiger partial charge in [0.25, 0.3) is 0 Å². The highest BCUT2D eigenvalue weighted by molar-refractivity contribution is 6.11. The van der Waals surface area contributed by atoms with Gasteiger partial charge in [0.05, 0.1) is 12.3 Å². The summed E-state index contributed by atoms with van der Waals surface area (Å²) in [6.45, 7) is 5.20. The van der Waals surface area contributed by atoms with E-state index in [0.717, 1.165) is 4.90 Å². The van der Waals surface area contributed by atoms with Gasteiger partial charge in [0, 0.05) is 0 Å². The zero-order valence-electron chi connectivity index (χ0n) is 8.84. The Morgan fingerprint density at radius 1 is 1.69 bits per heavy atom. The number of hydrogen-bond acceptors (Lipinski definition) is 4. The number of hydrogen-bond donors (Lipinski definition) is 1. The molecule has 2 aliphatic rings. The number of ketones is 1. The molecule has 0 saturated carbocycles. The van der Waals surface area contributed by atoms with Crippen molar-refractivity contribution in [2.45, 2.75) is 31.5 Å². The van der Waals surface area contributed by atoms with Crippen molar-refractivity contribution in [2.75, 3.05) is 0 Å². The molecule has 2 fully saturated rings. The Balaban J connectivity index is 2.43. The highest BCUT2D eigenvalue weighted by Crippen LogP contribution is 2.49. The number of nitrogens with zero attached hydrogens (tertiary/aromatic N) is 2. The van der Waals surface area contributed by atoms with Gasteiger partial charge in [-0.1, -0.05) is 6.92 Å². The molecule has 2 unspecified atom stereocenters. The molecule has 16 heavy (non-hydrogen) atoms. The molecule has 2 rings (SSSR count). The third-order valence-corrected chi connectivity index (χ3v) is 3.42. The summed E-state index contributed by atoms with van der Waals surface area (Å²) in [5, 5.41) is 8.92. The van der Waals surface area contributed by atoms with Crippen molar-refractivity contribution in [3.05, 3.63) is 0 Å². The Morgan fingerprint density at radius 3 is 2.75 bits per heavy atom. The van der Waals surface area contributed by atoms with Crippen LogP contribution in [0.3, 0.4) is 0 Å². The van der Waals surface area contributed by atoms with Crippen LogP contribution in [0.15, 0.2) is 4.99 Å². The minimum atomic E-state index is -1.37. The average molecular weight is 224 g/mol. The summed E-state index contributed by atoms with van der Waals surface area (Å²) < 4.78 is 0. The summed E-state index contributed by atoms with van der Waals surface area (Å²) in [6.07, 6.45) is 0.506. The standard InChI is InChI=1S/C10H12N2O4/c1-3-5-8(14)12-7(9(15)16)6(13)4-10(5,12)11-2/h5,7H,2-4H2,1H3,(H,15,16)/t5?,7?,10-/m1/s1. The summed E-state index contributed by atoms with van der Waals surface area (Å²) in [5.41, 5.74) is -0.994. The van der Waals surface area contributed by atoms with E-state index >= 15 is 0 Å². The third kappa shape index (κ3) is 0.963. The lowest BCUT2D eigenvalue weighted by atomic mass is 9.79. The number of carbonyl (C=O) groups is 3. The van der Waals surface area contributed by atoms with Crippen molar-refractivity contribution in [1.29, 1.82) is 0 Å². The lowest BCUT2D eigenvalue weighted by Gasteiger charge is -2.51. The second kappa shape index (κ2) is 3.13. The van der Waals surface area contributed by atoms with Gasteiger partial charge in [-0.05, 0) is 13.1 Å². The molecule has 2 heterocycles. The third-order valence-electron chi connectivity index (χ3n) is 3.42. The Bertz CT molecular complexity index is 406. The van der Waals surface area contributed by atoms with E-state index in [4.69, 9.17) is 5.11 Å². The van der Waals surface area contributed by atoms with Crippen LogP contribution in [0.25, 0.3) is 0 Å². The van der Waals surface area contributed by atoms with Gasteiger partial charge in [-0.2, -0.15) is 0 Å². The van der Waals surface area contributed by atoms with Crippen molar-refractivity contribution in [3.8, 4) is 0 Å². The summed E-state index contributed by atoms with van der Waals surface area (Å²) in [7, 11) is 0. The lowest BCUT2D eigenvalue weighted by Crippen LogP contribution is -2.69. The quantitative estimate of drug-likeness (QED) is 0.404. The molecule has 1 N–H and O–H groups in total. The molecule has 0 aliphatic carbocycles. The second-order valence-corrected chi connectivity index (χ2v) is 4.09. The molecule has 1 amide bonds. The van der Waals surface area contributed by atoms with Crippen molar-refractivity contribution in [1.82, 2.24) is 4.90 Å². The molecule has 6 nitrogen and oxygen atoms in total. The maximum atomic E-state index is 11.7. The van der Waals surface area contributed by atoms with E-state index in [1.165, 1.54) is 0 Å². The normalized spacial score (nSPS) is 36.9. The monoisotopic (exact) mass is 224 g/mol. The fraction of sp³-hybridized carbons (Fsp3) is 0.600. The first kappa shape index (κ1) is 10.8. The second-order valence-electron chi connectivity index (χ2n) is 4.09. The molecular weight excluding hydrogens is 212 g/mol. The van der Waals surface area contributed by atoms with Crippen LogP contribution >= 0.6 is 0 Å².